The van der Waals surface area contributed by atoms with Crippen LogP contribution in [0.4, 0.5) is 13.2 Å². The van der Waals surface area contributed by atoms with Crippen LogP contribution in [0, 0.1) is 18.3 Å². The molecule has 0 saturated heterocycles. The van der Waals surface area contributed by atoms with Gasteiger partial charge in [0.05, 0.1) is 33.6 Å². The lowest BCUT2D eigenvalue weighted by molar-refractivity contribution is -0.137. The van der Waals surface area contributed by atoms with Crippen LogP contribution < -0.4 is 0 Å². The molecular weight excluding hydrogens is 279 g/mol. The Morgan fingerprint density at radius 3 is 2.53 bits per heavy atom. The molecule has 0 unspecified atom stereocenters. The standard InChI is InChI=1S/C12H7ClF3N3/c1-7-11(13)6-19(18-7)9-3-2-8(5-17)10(4-9)12(14,15)16/h2-4,6H,1H3. The van der Waals surface area contributed by atoms with Gasteiger partial charge in [-0.15, -0.1) is 0 Å². The fourth-order valence-corrected chi connectivity index (χ4v) is 1.71. The Morgan fingerprint density at radius 2 is 2.05 bits per heavy atom. The van der Waals surface area contributed by atoms with E-state index in [9.17, 15) is 13.2 Å². The van der Waals surface area contributed by atoms with Gasteiger partial charge in [0, 0.05) is 6.20 Å². The highest BCUT2D eigenvalue weighted by Gasteiger charge is 2.34. The number of nitriles is 1. The van der Waals surface area contributed by atoms with Crippen molar-refractivity contribution in [3.63, 3.8) is 0 Å². The van der Waals surface area contributed by atoms with Crippen LogP contribution in [0.5, 0.6) is 0 Å². The molecule has 0 radical (unpaired) electrons. The van der Waals surface area contributed by atoms with Crippen molar-refractivity contribution in [3.05, 3.63) is 46.2 Å². The summed E-state index contributed by atoms with van der Waals surface area (Å²) in [6.45, 7) is 1.65. The van der Waals surface area contributed by atoms with Crippen LogP contribution in [0.1, 0.15) is 16.8 Å². The van der Waals surface area contributed by atoms with Gasteiger partial charge in [-0.1, -0.05) is 11.6 Å². The summed E-state index contributed by atoms with van der Waals surface area (Å²) in [5.74, 6) is 0. The van der Waals surface area contributed by atoms with E-state index in [-0.39, 0.29) is 5.69 Å². The predicted molar refractivity (Wildman–Crippen MR) is 63.0 cm³/mol. The smallest absolute Gasteiger partial charge is 0.239 e. The lowest BCUT2D eigenvalue weighted by atomic mass is 10.1. The van der Waals surface area contributed by atoms with Gasteiger partial charge in [0.2, 0.25) is 0 Å². The maximum absolute atomic E-state index is 12.8. The summed E-state index contributed by atoms with van der Waals surface area (Å²) in [6.07, 6.45) is -3.18. The molecule has 98 valence electrons. The molecule has 0 aliphatic heterocycles. The molecule has 0 N–H and O–H groups in total. The van der Waals surface area contributed by atoms with Crippen molar-refractivity contribution in [1.82, 2.24) is 9.78 Å². The monoisotopic (exact) mass is 285 g/mol. The van der Waals surface area contributed by atoms with Gasteiger partial charge in [-0.05, 0) is 25.1 Å². The second-order valence-electron chi connectivity index (χ2n) is 3.85. The van der Waals surface area contributed by atoms with Crippen LogP contribution in [0.15, 0.2) is 24.4 Å². The van der Waals surface area contributed by atoms with Gasteiger partial charge >= 0.3 is 6.18 Å². The van der Waals surface area contributed by atoms with Crippen LogP contribution in [-0.4, -0.2) is 9.78 Å². The molecular formula is C12H7ClF3N3. The highest BCUT2D eigenvalue weighted by atomic mass is 35.5. The molecule has 0 saturated carbocycles. The molecule has 0 fully saturated rings. The van der Waals surface area contributed by atoms with Crippen molar-refractivity contribution in [3.8, 4) is 11.8 Å². The van der Waals surface area contributed by atoms with Crippen molar-refractivity contribution in [2.75, 3.05) is 0 Å². The second-order valence-corrected chi connectivity index (χ2v) is 4.25. The normalized spacial score (nSPS) is 11.4. The molecule has 0 aliphatic rings. The Balaban J connectivity index is 2.59. The first-order chi connectivity index (χ1) is 8.82. The average molecular weight is 286 g/mol. The molecule has 0 bridgehead atoms. The number of aryl methyl sites for hydroxylation is 1. The Kier molecular flexibility index (Phi) is 3.25. The molecule has 2 aromatic rings. The van der Waals surface area contributed by atoms with Crippen molar-refractivity contribution in [1.29, 1.82) is 5.26 Å². The zero-order chi connectivity index (χ0) is 14.2. The summed E-state index contributed by atoms with van der Waals surface area (Å²) < 4.78 is 39.7. The maximum atomic E-state index is 12.8. The van der Waals surface area contributed by atoms with E-state index >= 15 is 0 Å². The summed E-state index contributed by atoms with van der Waals surface area (Å²) in [5.41, 5.74) is -0.705. The molecule has 1 aromatic heterocycles. The number of nitrogens with zero attached hydrogens (tertiary/aromatic N) is 3. The first kappa shape index (κ1) is 13.4. The topological polar surface area (TPSA) is 41.6 Å². The molecule has 0 atom stereocenters. The Morgan fingerprint density at radius 1 is 1.37 bits per heavy atom. The molecule has 3 nitrogen and oxygen atoms in total. The fourth-order valence-electron chi connectivity index (χ4n) is 1.58. The predicted octanol–water partition coefficient (Wildman–Crippen LogP) is 3.72. The van der Waals surface area contributed by atoms with Crippen LogP contribution >= 0.6 is 11.6 Å². The minimum absolute atomic E-state index is 0.196. The minimum atomic E-state index is -4.59. The first-order valence-corrected chi connectivity index (χ1v) is 5.54. The summed E-state index contributed by atoms with van der Waals surface area (Å²) in [5, 5.41) is 13.1. The third-order valence-electron chi connectivity index (χ3n) is 2.53. The van der Waals surface area contributed by atoms with E-state index in [1.807, 2.05) is 0 Å². The van der Waals surface area contributed by atoms with Gasteiger partial charge in [-0.2, -0.15) is 23.5 Å². The summed E-state index contributed by atoms with van der Waals surface area (Å²) in [7, 11) is 0. The van der Waals surface area contributed by atoms with Crippen molar-refractivity contribution < 1.29 is 13.2 Å². The van der Waals surface area contributed by atoms with E-state index in [4.69, 9.17) is 16.9 Å². The fraction of sp³-hybridized carbons (Fsp3) is 0.167. The summed E-state index contributed by atoms with van der Waals surface area (Å²) >= 11 is 5.81. The Bertz CT molecular complexity index is 648. The first-order valence-electron chi connectivity index (χ1n) is 5.16. The molecule has 1 aromatic carbocycles. The number of hydrogen-bond donors (Lipinski definition) is 0. The lowest BCUT2D eigenvalue weighted by Crippen LogP contribution is -2.09. The number of hydrogen-bond acceptors (Lipinski definition) is 2. The molecule has 0 aliphatic carbocycles. The number of benzene rings is 1. The van der Waals surface area contributed by atoms with E-state index in [0.29, 0.717) is 10.7 Å². The Hall–Kier alpha value is -2.00. The highest BCUT2D eigenvalue weighted by Crippen LogP contribution is 2.33. The molecule has 7 heteroatoms. The van der Waals surface area contributed by atoms with E-state index < -0.39 is 17.3 Å². The van der Waals surface area contributed by atoms with Crippen molar-refractivity contribution in [2.45, 2.75) is 13.1 Å². The summed E-state index contributed by atoms with van der Waals surface area (Å²) in [4.78, 5) is 0. The number of halogens is 4. The third kappa shape index (κ3) is 2.56. The minimum Gasteiger partial charge on any atom is -0.239 e. The van der Waals surface area contributed by atoms with Gasteiger partial charge in [-0.25, -0.2) is 4.68 Å². The highest BCUT2D eigenvalue weighted by molar-refractivity contribution is 6.31. The third-order valence-corrected chi connectivity index (χ3v) is 2.90. The molecule has 0 spiro atoms. The number of aromatic nitrogens is 2. The maximum Gasteiger partial charge on any atom is 0.417 e. The zero-order valence-corrected chi connectivity index (χ0v) is 10.4. The zero-order valence-electron chi connectivity index (χ0n) is 9.66. The SMILES string of the molecule is Cc1nn(-c2ccc(C#N)c(C(F)(F)F)c2)cc1Cl. The van der Waals surface area contributed by atoms with Gasteiger partial charge in [0.15, 0.2) is 0 Å². The van der Waals surface area contributed by atoms with Crippen molar-refractivity contribution >= 4 is 11.6 Å². The summed E-state index contributed by atoms with van der Waals surface area (Å²) in [6, 6.07) is 4.90. The largest absolute Gasteiger partial charge is 0.417 e. The second kappa shape index (κ2) is 4.59. The van der Waals surface area contributed by atoms with Gasteiger partial charge in [-0.3, -0.25) is 0 Å². The van der Waals surface area contributed by atoms with Crippen LogP contribution in [0.2, 0.25) is 5.02 Å². The molecule has 2 rings (SSSR count). The number of alkyl halides is 3. The van der Waals surface area contributed by atoms with Crippen molar-refractivity contribution in [2.24, 2.45) is 0 Å². The average Bonchev–Trinajstić information content (AvgIpc) is 2.68. The van der Waals surface area contributed by atoms with Crippen LogP contribution in [0.25, 0.3) is 5.69 Å². The van der Waals surface area contributed by atoms with Gasteiger partial charge < -0.3 is 0 Å². The molecule has 19 heavy (non-hydrogen) atoms. The lowest BCUT2D eigenvalue weighted by Gasteiger charge is -2.10. The van der Waals surface area contributed by atoms with E-state index in [0.717, 1.165) is 12.1 Å². The van der Waals surface area contributed by atoms with Crippen LogP contribution in [-0.2, 0) is 6.18 Å². The Labute approximate surface area is 111 Å². The van der Waals surface area contributed by atoms with E-state index in [2.05, 4.69) is 5.10 Å². The van der Waals surface area contributed by atoms with E-state index in [1.54, 1.807) is 6.92 Å². The molecule has 0 amide bonds. The quantitative estimate of drug-likeness (QED) is 0.801. The van der Waals surface area contributed by atoms with Gasteiger partial charge in [0.25, 0.3) is 0 Å². The number of rotatable bonds is 1. The van der Waals surface area contributed by atoms with E-state index in [1.165, 1.54) is 23.0 Å². The van der Waals surface area contributed by atoms with Gasteiger partial charge in [0.1, 0.15) is 0 Å². The van der Waals surface area contributed by atoms with Crippen LogP contribution in [0.3, 0.4) is 0 Å². The molecule has 1 heterocycles.